The fourth-order valence-corrected chi connectivity index (χ4v) is 2.60. The second kappa shape index (κ2) is 9.38. The topological polar surface area (TPSA) is 55.6 Å². The van der Waals surface area contributed by atoms with Gasteiger partial charge in [0, 0.05) is 12.4 Å². The molecule has 3 rings (SSSR count). The molecule has 0 fully saturated rings. The van der Waals surface area contributed by atoms with Crippen LogP contribution in [0.1, 0.15) is 35.7 Å². The van der Waals surface area contributed by atoms with Gasteiger partial charge < -0.3 is 9.30 Å². The van der Waals surface area contributed by atoms with Crippen LogP contribution < -0.4 is 10.2 Å². The SMILES string of the molecule is CCCCOc1ccc(/C=N\NC(=O)c2ccccc2-n2cccc2)cc1. The summed E-state index contributed by atoms with van der Waals surface area (Å²) < 4.78 is 7.53. The molecule has 1 amide bonds. The number of ether oxygens (including phenoxy) is 1. The molecule has 1 heterocycles. The zero-order valence-corrected chi connectivity index (χ0v) is 15.3. The highest BCUT2D eigenvalue weighted by molar-refractivity contribution is 5.98. The lowest BCUT2D eigenvalue weighted by molar-refractivity contribution is 0.0955. The van der Waals surface area contributed by atoms with Crippen molar-refractivity contribution < 1.29 is 9.53 Å². The predicted octanol–water partition coefficient (Wildman–Crippen LogP) is 4.42. The van der Waals surface area contributed by atoms with Crippen molar-refractivity contribution >= 4 is 12.1 Å². The summed E-state index contributed by atoms with van der Waals surface area (Å²) in [5.74, 6) is 0.584. The molecule has 3 aromatic rings. The first kappa shape index (κ1) is 18.5. The molecular weight excluding hydrogens is 338 g/mol. The molecule has 1 N–H and O–H groups in total. The first-order chi connectivity index (χ1) is 13.3. The van der Waals surface area contributed by atoms with E-state index in [1.165, 1.54) is 0 Å². The van der Waals surface area contributed by atoms with Crippen molar-refractivity contribution in [1.82, 2.24) is 9.99 Å². The summed E-state index contributed by atoms with van der Waals surface area (Å²) in [7, 11) is 0. The van der Waals surface area contributed by atoms with Crippen LogP contribution >= 0.6 is 0 Å². The maximum atomic E-state index is 12.5. The molecule has 0 saturated heterocycles. The van der Waals surface area contributed by atoms with Crippen molar-refractivity contribution in [2.24, 2.45) is 5.10 Å². The molecule has 0 bridgehead atoms. The van der Waals surface area contributed by atoms with Crippen molar-refractivity contribution in [2.75, 3.05) is 6.61 Å². The zero-order chi connectivity index (χ0) is 18.9. The van der Waals surface area contributed by atoms with Crippen molar-refractivity contribution in [3.63, 3.8) is 0 Å². The van der Waals surface area contributed by atoms with E-state index < -0.39 is 0 Å². The van der Waals surface area contributed by atoms with Gasteiger partial charge >= 0.3 is 0 Å². The van der Waals surface area contributed by atoms with E-state index in [2.05, 4.69) is 17.5 Å². The summed E-state index contributed by atoms with van der Waals surface area (Å²) in [6.07, 6.45) is 7.57. The Morgan fingerprint density at radius 2 is 1.81 bits per heavy atom. The van der Waals surface area contributed by atoms with Gasteiger partial charge in [0.2, 0.25) is 0 Å². The average molecular weight is 361 g/mol. The lowest BCUT2D eigenvalue weighted by Crippen LogP contribution is -2.19. The number of rotatable bonds is 8. The van der Waals surface area contributed by atoms with Gasteiger partial charge in [0.1, 0.15) is 5.75 Å². The van der Waals surface area contributed by atoms with Crippen LogP contribution in [0.2, 0.25) is 0 Å². The van der Waals surface area contributed by atoms with Gasteiger partial charge in [0.15, 0.2) is 0 Å². The fourth-order valence-electron chi connectivity index (χ4n) is 2.60. The standard InChI is InChI=1S/C22H23N3O2/c1-2-3-16-27-19-12-10-18(11-13-19)17-23-24-22(26)20-8-4-5-9-21(20)25-14-6-7-15-25/h4-15,17H,2-3,16H2,1H3,(H,24,26)/b23-17-. The largest absolute Gasteiger partial charge is 0.494 e. The minimum Gasteiger partial charge on any atom is -0.494 e. The number of hydrogen-bond acceptors (Lipinski definition) is 3. The number of benzene rings is 2. The molecule has 0 saturated carbocycles. The Hall–Kier alpha value is -3.34. The van der Waals surface area contributed by atoms with Crippen molar-refractivity contribution in [1.29, 1.82) is 0 Å². The van der Waals surface area contributed by atoms with E-state index in [1.54, 1.807) is 12.3 Å². The normalized spacial score (nSPS) is 10.9. The predicted molar refractivity (Wildman–Crippen MR) is 108 cm³/mol. The highest BCUT2D eigenvalue weighted by Crippen LogP contribution is 2.15. The highest BCUT2D eigenvalue weighted by atomic mass is 16.5. The van der Waals surface area contributed by atoms with E-state index in [0.29, 0.717) is 5.56 Å². The van der Waals surface area contributed by atoms with E-state index in [9.17, 15) is 4.79 Å². The van der Waals surface area contributed by atoms with Crippen molar-refractivity contribution in [3.05, 3.63) is 84.2 Å². The second-order valence-corrected chi connectivity index (χ2v) is 6.08. The Balaban J connectivity index is 1.61. The third-order valence-electron chi connectivity index (χ3n) is 4.06. The van der Waals surface area contributed by atoms with Crippen LogP contribution in [0.5, 0.6) is 5.75 Å². The van der Waals surface area contributed by atoms with Crippen LogP contribution in [-0.4, -0.2) is 23.3 Å². The highest BCUT2D eigenvalue weighted by Gasteiger charge is 2.10. The molecular formula is C22H23N3O2. The minimum absolute atomic E-state index is 0.255. The van der Waals surface area contributed by atoms with Crippen molar-refractivity contribution in [2.45, 2.75) is 19.8 Å². The lowest BCUT2D eigenvalue weighted by Gasteiger charge is -2.09. The van der Waals surface area contributed by atoms with Gasteiger partial charge in [0.25, 0.3) is 5.91 Å². The Bertz CT molecular complexity index is 884. The number of carbonyl (C=O) groups excluding carboxylic acids is 1. The summed E-state index contributed by atoms with van der Waals surface area (Å²) in [5.41, 5.74) is 4.85. The average Bonchev–Trinajstić information content (AvgIpc) is 3.24. The Morgan fingerprint density at radius 3 is 2.56 bits per heavy atom. The molecule has 5 heteroatoms. The number of aromatic nitrogens is 1. The number of amides is 1. The first-order valence-electron chi connectivity index (χ1n) is 9.06. The minimum atomic E-state index is -0.255. The number of hydrogen-bond donors (Lipinski definition) is 1. The molecule has 27 heavy (non-hydrogen) atoms. The van der Waals surface area contributed by atoms with Gasteiger partial charge in [-0.05, 0) is 60.5 Å². The molecule has 0 unspecified atom stereocenters. The van der Waals surface area contributed by atoms with Crippen molar-refractivity contribution in [3.8, 4) is 11.4 Å². The molecule has 138 valence electrons. The van der Waals surface area contributed by atoms with E-state index >= 15 is 0 Å². The molecule has 0 spiro atoms. The van der Waals surface area contributed by atoms with E-state index in [-0.39, 0.29) is 5.91 Å². The second-order valence-electron chi connectivity index (χ2n) is 6.08. The fraction of sp³-hybridized carbons (Fsp3) is 0.182. The van der Waals surface area contributed by atoms with Crippen LogP contribution in [0.25, 0.3) is 5.69 Å². The monoisotopic (exact) mass is 361 g/mol. The Morgan fingerprint density at radius 1 is 1.07 bits per heavy atom. The number of carbonyl (C=O) groups is 1. The zero-order valence-electron chi connectivity index (χ0n) is 15.3. The van der Waals surface area contributed by atoms with Gasteiger partial charge in [-0.1, -0.05) is 25.5 Å². The Labute approximate surface area is 159 Å². The van der Waals surface area contributed by atoms with Gasteiger partial charge in [-0.3, -0.25) is 4.79 Å². The smallest absolute Gasteiger partial charge is 0.273 e. The third kappa shape index (κ3) is 5.07. The third-order valence-corrected chi connectivity index (χ3v) is 4.06. The molecule has 5 nitrogen and oxygen atoms in total. The first-order valence-corrected chi connectivity index (χ1v) is 9.06. The molecule has 0 atom stereocenters. The van der Waals surface area contributed by atoms with E-state index in [0.717, 1.165) is 36.4 Å². The summed E-state index contributed by atoms with van der Waals surface area (Å²) in [6.45, 7) is 2.86. The number of nitrogens with one attached hydrogen (secondary N) is 1. The van der Waals surface area contributed by atoms with E-state index in [1.807, 2.05) is 71.6 Å². The van der Waals surface area contributed by atoms with Gasteiger partial charge in [-0.2, -0.15) is 5.10 Å². The maximum Gasteiger partial charge on any atom is 0.273 e. The molecule has 0 radical (unpaired) electrons. The molecule has 0 aliphatic rings. The summed E-state index contributed by atoms with van der Waals surface area (Å²) >= 11 is 0. The van der Waals surface area contributed by atoms with E-state index in [4.69, 9.17) is 4.74 Å². The summed E-state index contributed by atoms with van der Waals surface area (Å²) in [4.78, 5) is 12.5. The number of hydrazone groups is 1. The molecule has 0 aliphatic carbocycles. The molecule has 2 aromatic carbocycles. The van der Waals surface area contributed by atoms with Crippen LogP contribution in [0.15, 0.2) is 78.2 Å². The number of para-hydroxylation sites is 1. The number of nitrogens with zero attached hydrogens (tertiary/aromatic N) is 2. The van der Waals surface area contributed by atoms with Crippen LogP contribution in [0.3, 0.4) is 0 Å². The maximum absolute atomic E-state index is 12.5. The lowest BCUT2D eigenvalue weighted by atomic mass is 10.1. The summed E-state index contributed by atoms with van der Waals surface area (Å²) in [5, 5.41) is 4.07. The van der Waals surface area contributed by atoms with Gasteiger partial charge in [0.05, 0.1) is 24.1 Å². The Kier molecular flexibility index (Phi) is 6.41. The molecule has 0 aliphatic heterocycles. The summed E-state index contributed by atoms with van der Waals surface area (Å²) in [6, 6.07) is 18.9. The molecule has 1 aromatic heterocycles. The van der Waals surface area contributed by atoms with Crippen LogP contribution in [-0.2, 0) is 0 Å². The van der Waals surface area contributed by atoms with Gasteiger partial charge in [-0.15, -0.1) is 0 Å². The van der Waals surface area contributed by atoms with Gasteiger partial charge in [-0.25, -0.2) is 5.43 Å². The van der Waals surface area contributed by atoms with Crippen LogP contribution in [0, 0.1) is 0 Å². The van der Waals surface area contributed by atoms with Crippen LogP contribution in [0.4, 0.5) is 0 Å². The quantitative estimate of drug-likeness (QED) is 0.367. The number of unbranched alkanes of at least 4 members (excludes halogenated alkanes) is 1.